The van der Waals surface area contributed by atoms with Gasteiger partial charge in [0.25, 0.3) is 0 Å². The Balaban J connectivity index is 1.88. The molecule has 2 aliphatic rings. The number of amides is 1. The van der Waals surface area contributed by atoms with Gasteiger partial charge in [0, 0.05) is 45.2 Å². The first-order valence-corrected chi connectivity index (χ1v) is 6.43. The highest BCUT2D eigenvalue weighted by Crippen LogP contribution is 2.28. The second-order valence-corrected chi connectivity index (χ2v) is 5.02. The molecule has 0 spiro atoms. The smallest absolute Gasteiger partial charge is 0.219 e. The summed E-state index contributed by atoms with van der Waals surface area (Å²) in [5.74, 6) is 0.228. The van der Waals surface area contributed by atoms with Crippen LogP contribution in [0.15, 0.2) is 0 Å². The number of carbonyl (C=O) groups excluding carboxylic acids is 1. The molecule has 16 heavy (non-hydrogen) atoms. The van der Waals surface area contributed by atoms with Crippen LogP contribution < -0.4 is 5.73 Å². The van der Waals surface area contributed by atoms with Crippen molar-refractivity contribution in [3.05, 3.63) is 0 Å². The lowest BCUT2D eigenvalue weighted by molar-refractivity contribution is -0.129. The van der Waals surface area contributed by atoms with E-state index in [9.17, 15) is 4.79 Å². The zero-order chi connectivity index (χ0) is 11.5. The van der Waals surface area contributed by atoms with Crippen LogP contribution in [0.25, 0.3) is 0 Å². The van der Waals surface area contributed by atoms with E-state index in [1.807, 2.05) is 4.90 Å². The largest absolute Gasteiger partial charge is 0.339 e. The number of hydrogen-bond donors (Lipinski definition) is 1. The van der Waals surface area contributed by atoms with Gasteiger partial charge in [0.2, 0.25) is 5.91 Å². The molecule has 0 aromatic carbocycles. The number of carbonyl (C=O) groups is 1. The summed E-state index contributed by atoms with van der Waals surface area (Å²) < 4.78 is 0. The van der Waals surface area contributed by atoms with Crippen molar-refractivity contribution in [3.63, 3.8) is 0 Å². The van der Waals surface area contributed by atoms with E-state index in [2.05, 4.69) is 4.90 Å². The monoisotopic (exact) mass is 225 g/mol. The van der Waals surface area contributed by atoms with Gasteiger partial charge in [0.05, 0.1) is 0 Å². The molecule has 1 heterocycles. The Bertz CT molecular complexity index is 253. The molecular weight excluding hydrogens is 202 g/mol. The van der Waals surface area contributed by atoms with Crippen LogP contribution in [0, 0.1) is 0 Å². The first-order chi connectivity index (χ1) is 7.72. The van der Waals surface area contributed by atoms with Crippen molar-refractivity contribution in [2.45, 2.75) is 44.7 Å². The molecule has 4 heteroatoms. The van der Waals surface area contributed by atoms with Crippen molar-refractivity contribution < 1.29 is 4.79 Å². The minimum Gasteiger partial charge on any atom is -0.339 e. The van der Waals surface area contributed by atoms with Gasteiger partial charge in [-0.15, -0.1) is 0 Å². The van der Waals surface area contributed by atoms with Crippen molar-refractivity contribution in [3.8, 4) is 0 Å². The lowest BCUT2D eigenvalue weighted by Crippen LogP contribution is -2.44. The standard InChI is InChI=1S/C12H23N3O/c1-10(16)15-7-2-3-12(15)9-14(8-6-13)11-4-5-11/h11-12H,2-9,13H2,1H3/t12-/m0/s1. The molecule has 1 aliphatic carbocycles. The summed E-state index contributed by atoms with van der Waals surface area (Å²) in [5, 5.41) is 0. The fraction of sp³-hybridized carbons (Fsp3) is 0.917. The third-order valence-corrected chi connectivity index (χ3v) is 3.71. The second kappa shape index (κ2) is 5.15. The molecule has 2 rings (SSSR count). The molecule has 4 nitrogen and oxygen atoms in total. The summed E-state index contributed by atoms with van der Waals surface area (Å²) in [6.07, 6.45) is 4.94. The summed E-state index contributed by atoms with van der Waals surface area (Å²) in [5.41, 5.74) is 5.64. The van der Waals surface area contributed by atoms with E-state index in [0.717, 1.165) is 45.1 Å². The van der Waals surface area contributed by atoms with Crippen LogP contribution in [-0.4, -0.2) is 54.0 Å². The van der Waals surface area contributed by atoms with Gasteiger partial charge >= 0.3 is 0 Å². The molecule has 0 bridgehead atoms. The molecule has 1 atom stereocenters. The highest BCUT2D eigenvalue weighted by molar-refractivity contribution is 5.73. The number of hydrogen-bond acceptors (Lipinski definition) is 3. The van der Waals surface area contributed by atoms with E-state index >= 15 is 0 Å². The average molecular weight is 225 g/mol. The molecule has 2 N–H and O–H groups in total. The molecular formula is C12H23N3O. The van der Waals surface area contributed by atoms with E-state index in [4.69, 9.17) is 5.73 Å². The lowest BCUT2D eigenvalue weighted by atomic mass is 10.2. The molecule has 92 valence electrons. The van der Waals surface area contributed by atoms with Gasteiger partial charge in [-0.2, -0.15) is 0 Å². The maximum absolute atomic E-state index is 11.5. The fourth-order valence-corrected chi connectivity index (χ4v) is 2.74. The van der Waals surface area contributed by atoms with Crippen LogP contribution in [-0.2, 0) is 4.79 Å². The number of nitrogens with zero attached hydrogens (tertiary/aromatic N) is 2. The molecule has 1 aliphatic heterocycles. The SMILES string of the molecule is CC(=O)N1CCC[C@H]1CN(CCN)C1CC1. The zero-order valence-electron chi connectivity index (χ0n) is 10.2. The average Bonchev–Trinajstić information content (AvgIpc) is 2.98. The van der Waals surface area contributed by atoms with Gasteiger partial charge in [-0.1, -0.05) is 0 Å². The van der Waals surface area contributed by atoms with Crippen LogP contribution in [0.5, 0.6) is 0 Å². The Morgan fingerprint density at radius 3 is 2.75 bits per heavy atom. The van der Waals surface area contributed by atoms with Gasteiger partial charge in [0.15, 0.2) is 0 Å². The van der Waals surface area contributed by atoms with Gasteiger partial charge in [-0.25, -0.2) is 0 Å². The lowest BCUT2D eigenvalue weighted by Gasteiger charge is -2.30. The summed E-state index contributed by atoms with van der Waals surface area (Å²) in [4.78, 5) is 16.0. The Kier molecular flexibility index (Phi) is 3.82. The number of nitrogens with two attached hydrogens (primary N) is 1. The zero-order valence-corrected chi connectivity index (χ0v) is 10.2. The highest BCUT2D eigenvalue weighted by atomic mass is 16.2. The predicted octanol–water partition coefficient (Wildman–Crippen LogP) is 0.420. The van der Waals surface area contributed by atoms with Gasteiger partial charge in [-0.05, 0) is 25.7 Å². The van der Waals surface area contributed by atoms with Crippen molar-refractivity contribution >= 4 is 5.91 Å². The van der Waals surface area contributed by atoms with Gasteiger partial charge < -0.3 is 10.6 Å². The highest BCUT2D eigenvalue weighted by Gasteiger charge is 2.33. The van der Waals surface area contributed by atoms with Crippen molar-refractivity contribution in [2.75, 3.05) is 26.2 Å². The molecule has 0 unspecified atom stereocenters. The minimum absolute atomic E-state index is 0.228. The summed E-state index contributed by atoms with van der Waals surface area (Å²) in [6, 6.07) is 1.18. The maximum Gasteiger partial charge on any atom is 0.219 e. The third-order valence-electron chi connectivity index (χ3n) is 3.71. The normalized spacial score (nSPS) is 25.4. The third kappa shape index (κ3) is 2.74. The van der Waals surface area contributed by atoms with Gasteiger partial charge in [0.1, 0.15) is 0 Å². The molecule has 1 saturated heterocycles. The maximum atomic E-state index is 11.5. The number of rotatable bonds is 5. The molecule has 0 radical (unpaired) electrons. The summed E-state index contributed by atoms with van der Waals surface area (Å²) in [6.45, 7) is 5.36. The Morgan fingerprint density at radius 2 is 2.19 bits per heavy atom. The van der Waals surface area contributed by atoms with E-state index in [-0.39, 0.29) is 5.91 Å². The summed E-state index contributed by atoms with van der Waals surface area (Å²) >= 11 is 0. The molecule has 2 fully saturated rings. The first-order valence-electron chi connectivity index (χ1n) is 6.43. The van der Waals surface area contributed by atoms with Crippen LogP contribution in [0.4, 0.5) is 0 Å². The second-order valence-electron chi connectivity index (χ2n) is 5.02. The number of likely N-dealkylation sites (tertiary alicyclic amines) is 1. The van der Waals surface area contributed by atoms with Crippen LogP contribution in [0.2, 0.25) is 0 Å². The van der Waals surface area contributed by atoms with E-state index in [1.165, 1.54) is 12.8 Å². The fourth-order valence-electron chi connectivity index (χ4n) is 2.74. The van der Waals surface area contributed by atoms with Crippen LogP contribution in [0.1, 0.15) is 32.6 Å². The Hall–Kier alpha value is -0.610. The van der Waals surface area contributed by atoms with E-state index < -0.39 is 0 Å². The predicted molar refractivity (Wildman–Crippen MR) is 64.1 cm³/mol. The molecule has 1 amide bonds. The minimum atomic E-state index is 0.228. The van der Waals surface area contributed by atoms with Gasteiger partial charge in [-0.3, -0.25) is 9.69 Å². The Labute approximate surface area is 97.8 Å². The topological polar surface area (TPSA) is 49.6 Å². The first kappa shape index (κ1) is 11.9. The van der Waals surface area contributed by atoms with E-state index in [1.54, 1.807) is 6.92 Å². The van der Waals surface area contributed by atoms with E-state index in [0.29, 0.717) is 6.04 Å². The van der Waals surface area contributed by atoms with Crippen molar-refractivity contribution in [1.82, 2.24) is 9.80 Å². The molecule has 1 saturated carbocycles. The van der Waals surface area contributed by atoms with Crippen molar-refractivity contribution in [2.24, 2.45) is 5.73 Å². The van der Waals surface area contributed by atoms with Crippen molar-refractivity contribution in [1.29, 1.82) is 0 Å². The molecule has 0 aromatic rings. The summed E-state index contributed by atoms with van der Waals surface area (Å²) in [7, 11) is 0. The van der Waals surface area contributed by atoms with Crippen LogP contribution in [0.3, 0.4) is 0 Å². The Morgan fingerprint density at radius 1 is 1.44 bits per heavy atom. The van der Waals surface area contributed by atoms with Crippen LogP contribution >= 0.6 is 0 Å². The quantitative estimate of drug-likeness (QED) is 0.738. The molecule has 0 aromatic heterocycles.